The number of allylic oxidation sites excluding steroid dienone is 2. The molecule has 1 heterocycles. The van der Waals surface area contributed by atoms with Crippen molar-refractivity contribution in [2.45, 2.75) is 31.2 Å². The molecule has 1 aromatic heterocycles. The van der Waals surface area contributed by atoms with Crippen molar-refractivity contribution in [3.8, 4) is 5.75 Å². The molecule has 0 radical (unpaired) electrons. The van der Waals surface area contributed by atoms with Crippen LogP contribution in [0.3, 0.4) is 0 Å². The summed E-state index contributed by atoms with van der Waals surface area (Å²) in [7, 11) is 0. The normalized spacial score (nSPS) is 22.1. The Morgan fingerprint density at radius 2 is 1.96 bits per heavy atom. The number of aromatic nitrogens is 1. The average Bonchev–Trinajstić information content (AvgIpc) is 3.04. The number of hydrogen-bond acceptors (Lipinski definition) is 4. The Balaban J connectivity index is 1.61. The third-order valence-electron chi connectivity index (χ3n) is 4.43. The van der Waals surface area contributed by atoms with Crippen molar-refractivity contribution in [3.05, 3.63) is 76.3 Å². The molecule has 1 aliphatic rings. The Kier molecular flexibility index (Phi) is 5.27. The van der Waals surface area contributed by atoms with Gasteiger partial charge in [-0.15, -0.1) is 13.2 Å². The fourth-order valence-electron chi connectivity index (χ4n) is 2.97. The van der Waals surface area contributed by atoms with E-state index in [-0.39, 0.29) is 17.4 Å². The SMILES string of the molecule is C[C@]1(c2co[nH]c2=O)C=CC=CC1OCCc1ccc(OC(F)(F)F)cc1. The van der Waals surface area contributed by atoms with Crippen LogP contribution in [-0.4, -0.2) is 24.2 Å². The summed E-state index contributed by atoms with van der Waals surface area (Å²) in [5.41, 5.74) is 0.274. The van der Waals surface area contributed by atoms with E-state index in [1.807, 2.05) is 31.2 Å². The average molecular weight is 381 g/mol. The lowest BCUT2D eigenvalue weighted by Gasteiger charge is -2.33. The van der Waals surface area contributed by atoms with Crippen LogP contribution in [0.15, 0.2) is 64.2 Å². The third-order valence-corrected chi connectivity index (χ3v) is 4.43. The standard InChI is InChI=1S/C19H18F3NO4/c1-18(15-12-26-23-17(15)24)10-3-2-4-16(18)25-11-9-13-5-7-14(8-6-13)27-19(20,21)22/h2-8,10,12,16H,9,11H2,1H3,(H,23,24)/t16?,18-/m1/s1. The molecular weight excluding hydrogens is 363 g/mol. The summed E-state index contributed by atoms with van der Waals surface area (Å²) >= 11 is 0. The molecule has 0 bridgehead atoms. The minimum atomic E-state index is -4.71. The molecule has 27 heavy (non-hydrogen) atoms. The molecule has 0 saturated heterocycles. The van der Waals surface area contributed by atoms with Gasteiger partial charge in [0.15, 0.2) is 0 Å². The highest BCUT2D eigenvalue weighted by atomic mass is 19.4. The van der Waals surface area contributed by atoms with Gasteiger partial charge in [0.2, 0.25) is 0 Å². The van der Waals surface area contributed by atoms with Crippen LogP contribution in [0.2, 0.25) is 0 Å². The molecule has 8 heteroatoms. The molecule has 1 aliphatic carbocycles. The highest BCUT2D eigenvalue weighted by Crippen LogP contribution is 2.32. The topological polar surface area (TPSA) is 64.5 Å². The van der Waals surface area contributed by atoms with Gasteiger partial charge >= 0.3 is 6.36 Å². The maximum atomic E-state index is 12.2. The van der Waals surface area contributed by atoms with Crippen LogP contribution < -0.4 is 10.3 Å². The molecule has 0 spiro atoms. The van der Waals surface area contributed by atoms with E-state index in [2.05, 4.69) is 9.89 Å². The lowest BCUT2D eigenvalue weighted by Crippen LogP contribution is -2.40. The lowest BCUT2D eigenvalue weighted by atomic mass is 9.76. The minimum Gasteiger partial charge on any atom is -0.406 e. The van der Waals surface area contributed by atoms with Crippen molar-refractivity contribution in [2.24, 2.45) is 0 Å². The van der Waals surface area contributed by atoms with Crippen LogP contribution >= 0.6 is 0 Å². The molecule has 5 nitrogen and oxygen atoms in total. The maximum Gasteiger partial charge on any atom is 0.573 e. The molecule has 3 rings (SSSR count). The Morgan fingerprint density at radius 3 is 2.59 bits per heavy atom. The molecule has 0 amide bonds. The van der Waals surface area contributed by atoms with E-state index in [1.165, 1.54) is 18.4 Å². The molecule has 0 aliphatic heterocycles. The molecule has 2 aromatic rings. The van der Waals surface area contributed by atoms with Crippen molar-refractivity contribution in [1.82, 2.24) is 5.16 Å². The van der Waals surface area contributed by atoms with Crippen molar-refractivity contribution in [1.29, 1.82) is 0 Å². The van der Waals surface area contributed by atoms with E-state index in [4.69, 9.17) is 9.26 Å². The zero-order valence-corrected chi connectivity index (χ0v) is 14.5. The van der Waals surface area contributed by atoms with Crippen LogP contribution in [0.25, 0.3) is 0 Å². The minimum absolute atomic E-state index is 0.265. The number of hydrogen-bond donors (Lipinski definition) is 1. The Labute approximate surface area is 153 Å². The summed E-state index contributed by atoms with van der Waals surface area (Å²) < 4.78 is 51.2. The highest BCUT2D eigenvalue weighted by Gasteiger charge is 2.37. The fourth-order valence-corrected chi connectivity index (χ4v) is 2.97. The molecule has 0 fully saturated rings. The van der Waals surface area contributed by atoms with Crippen LogP contribution in [0.1, 0.15) is 18.1 Å². The monoisotopic (exact) mass is 381 g/mol. The van der Waals surface area contributed by atoms with E-state index in [0.717, 1.165) is 5.56 Å². The first-order valence-corrected chi connectivity index (χ1v) is 8.27. The molecule has 2 atom stereocenters. The predicted octanol–water partition coefficient (Wildman–Crippen LogP) is 3.88. The number of aromatic amines is 1. The van der Waals surface area contributed by atoms with Crippen LogP contribution in [0.4, 0.5) is 13.2 Å². The molecule has 1 N–H and O–H groups in total. The number of halogens is 3. The summed E-state index contributed by atoms with van der Waals surface area (Å²) in [6.07, 6.45) is 4.19. The van der Waals surface area contributed by atoms with Gasteiger partial charge in [-0.05, 0) is 31.0 Å². The molecule has 1 aromatic carbocycles. The number of benzene rings is 1. The number of alkyl halides is 3. The van der Waals surface area contributed by atoms with E-state index >= 15 is 0 Å². The van der Waals surface area contributed by atoms with E-state index < -0.39 is 11.8 Å². The molecular formula is C19H18F3NO4. The largest absolute Gasteiger partial charge is 0.573 e. The van der Waals surface area contributed by atoms with Gasteiger partial charge in [-0.1, -0.05) is 36.4 Å². The zero-order valence-electron chi connectivity index (χ0n) is 14.5. The van der Waals surface area contributed by atoms with E-state index in [1.54, 1.807) is 12.1 Å². The van der Waals surface area contributed by atoms with Crippen molar-refractivity contribution >= 4 is 0 Å². The fraction of sp³-hybridized carbons (Fsp3) is 0.316. The van der Waals surface area contributed by atoms with Crippen LogP contribution in [0.5, 0.6) is 5.75 Å². The van der Waals surface area contributed by atoms with Crippen LogP contribution in [-0.2, 0) is 16.6 Å². The summed E-state index contributed by atoms with van der Waals surface area (Å²) in [6, 6.07) is 5.64. The van der Waals surface area contributed by atoms with E-state index in [0.29, 0.717) is 18.6 Å². The quantitative estimate of drug-likeness (QED) is 0.825. The Bertz CT molecular complexity index is 879. The highest BCUT2D eigenvalue weighted by molar-refractivity contribution is 5.35. The molecule has 1 unspecified atom stereocenters. The smallest absolute Gasteiger partial charge is 0.406 e. The first-order valence-electron chi connectivity index (χ1n) is 8.27. The number of ether oxygens (including phenoxy) is 2. The first-order chi connectivity index (χ1) is 12.8. The summed E-state index contributed by atoms with van der Waals surface area (Å²) in [4.78, 5) is 11.9. The van der Waals surface area contributed by atoms with Crippen molar-refractivity contribution < 1.29 is 27.2 Å². The van der Waals surface area contributed by atoms with E-state index in [9.17, 15) is 18.0 Å². The molecule has 0 saturated carbocycles. The van der Waals surface area contributed by atoms with Gasteiger partial charge in [0.25, 0.3) is 5.56 Å². The second kappa shape index (κ2) is 7.48. The number of rotatable bonds is 6. The number of H-pyrrole nitrogens is 1. The summed E-state index contributed by atoms with van der Waals surface area (Å²) in [5.74, 6) is -0.265. The summed E-state index contributed by atoms with van der Waals surface area (Å²) in [5, 5.41) is 2.28. The van der Waals surface area contributed by atoms with Gasteiger partial charge in [0.05, 0.1) is 18.3 Å². The van der Waals surface area contributed by atoms with Gasteiger partial charge in [-0.3, -0.25) is 4.79 Å². The second-order valence-electron chi connectivity index (χ2n) is 6.34. The van der Waals surface area contributed by atoms with Crippen molar-refractivity contribution in [3.63, 3.8) is 0 Å². The third kappa shape index (κ3) is 4.51. The maximum absolute atomic E-state index is 12.2. The van der Waals surface area contributed by atoms with Crippen LogP contribution in [0, 0.1) is 0 Å². The van der Waals surface area contributed by atoms with Gasteiger partial charge in [-0.2, -0.15) is 5.16 Å². The predicted molar refractivity (Wildman–Crippen MR) is 91.5 cm³/mol. The van der Waals surface area contributed by atoms with Gasteiger partial charge < -0.3 is 14.0 Å². The molecule has 144 valence electrons. The summed E-state index contributed by atoms with van der Waals surface area (Å²) in [6.45, 7) is 2.20. The second-order valence-corrected chi connectivity index (χ2v) is 6.34. The Hall–Kier alpha value is -2.74. The Morgan fingerprint density at radius 1 is 1.22 bits per heavy atom. The van der Waals surface area contributed by atoms with Gasteiger partial charge in [0.1, 0.15) is 12.0 Å². The van der Waals surface area contributed by atoms with Crippen molar-refractivity contribution in [2.75, 3.05) is 6.61 Å². The van der Waals surface area contributed by atoms with Gasteiger partial charge in [-0.25, -0.2) is 0 Å². The van der Waals surface area contributed by atoms with Gasteiger partial charge in [0, 0.05) is 5.41 Å². The first kappa shape index (κ1) is 19.0. The lowest BCUT2D eigenvalue weighted by molar-refractivity contribution is -0.274. The number of nitrogens with one attached hydrogen (secondary N) is 1. The zero-order chi connectivity index (χ0) is 19.5.